The minimum atomic E-state index is -2.71. The fraction of sp³-hybridized carbons (Fsp3) is 0.722. The molecule has 0 rings (SSSR count). The van der Waals surface area contributed by atoms with Crippen LogP contribution in [0.2, 0.25) is 0 Å². The van der Waals surface area contributed by atoms with E-state index in [-0.39, 0.29) is 51.0 Å². The summed E-state index contributed by atoms with van der Waals surface area (Å²) in [4.78, 5) is 93.4. The molecule has 7 amide bonds. The smallest absolute Gasteiger partial charge is 0.245 e. The molecular formula is C36H66N10O10. The molecule has 0 aromatic carbocycles. The first-order valence-corrected chi connectivity index (χ1v) is 19.0. The average Bonchev–Trinajstić information content (AvgIpc) is 3.11. The zero-order valence-corrected chi connectivity index (χ0v) is 33.3. The molecule has 8 atom stereocenters. The highest BCUT2D eigenvalue weighted by molar-refractivity contribution is 5.93. The van der Waals surface area contributed by atoms with Gasteiger partial charge in [0, 0.05) is 38.1 Å². The van der Waals surface area contributed by atoms with E-state index in [1.54, 1.807) is 6.92 Å². The third-order valence-corrected chi connectivity index (χ3v) is 9.06. The van der Waals surface area contributed by atoms with Gasteiger partial charge in [0.25, 0.3) is 0 Å². The largest absolute Gasteiger partial charge is 0.391 e. The number of nitrogens with two attached hydrogens (primary N) is 4. The standard InChI is InChI=1S/C36H66N10O10/c1-7-10-13-23(31(51)44-25(16-17-27(37)49)32(52)43-24(30(38)50)14-12-18-41-35(39)40)19-36(55,56)26(15-11-8-2)45-33(53)28(20(4)9-3)46-34(54)29(21(5)47)42-22(6)48/h9,20-21,23-26,28-29,47,55-56H,3,7-8,10-19H2,1-2,4-6H3,(H2,37,49)(H2,38,50)(H,42,48)(H,43,52)(H,44,51)(H,45,53)(H,46,54)(H4,39,40,41)/t20-,21+,23+,24-,25-,26-,28-,29-/m0/s1. The molecule has 0 saturated carbocycles. The summed E-state index contributed by atoms with van der Waals surface area (Å²) >= 11 is 0. The van der Waals surface area contributed by atoms with E-state index in [0.29, 0.717) is 25.7 Å². The van der Waals surface area contributed by atoms with Gasteiger partial charge in [0.2, 0.25) is 41.4 Å². The van der Waals surface area contributed by atoms with E-state index in [2.05, 4.69) is 38.2 Å². The first-order chi connectivity index (χ1) is 26.1. The van der Waals surface area contributed by atoms with Gasteiger partial charge in [0.1, 0.15) is 24.2 Å². The van der Waals surface area contributed by atoms with E-state index in [9.17, 15) is 48.9 Å². The molecule has 0 unspecified atom stereocenters. The number of aliphatic hydroxyl groups is 3. The number of hydrogen-bond acceptors (Lipinski definition) is 11. The molecule has 16 N–H and O–H groups in total. The number of aliphatic imine (C=N–C) groups is 1. The Kier molecular flexibility index (Phi) is 23.9. The summed E-state index contributed by atoms with van der Waals surface area (Å²) in [5, 5.41) is 45.8. The summed E-state index contributed by atoms with van der Waals surface area (Å²) in [6, 6.07) is -6.64. The van der Waals surface area contributed by atoms with E-state index in [4.69, 9.17) is 22.9 Å². The number of aliphatic hydroxyl groups excluding tert-OH is 1. The molecule has 0 spiro atoms. The topological polar surface area (TPSA) is 357 Å². The molecular weight excluding hydrogens is 732 g/mol. The van der Waals surface area contributed by atoms with Crippen molar-refractivity contribution in [3.05, 3.63) is 12.7 Å². The summed E-state index contributed by atoms with van der Waals surface area (Å²) in [7, 11) is 0. The molecule has 0 aliphatic carbocycles. The second-order valence-corrected chi connectivity index (χ2v) is 14.1. The molecule has 0 radical (unpaired) electrons. The highest BCUT2D eigenvalue weighted by Crippen LogP contribution is 2.26. The van der Waals surface area contributed by atoms with Gasteiger partial charge >= 0.3 is 0 Å². The number of carbonyl (C=O) groups excluding carboxylic acids is 7. The van der Waals surface area contributed by atoms with Crippen LogP contribution in [0.4, 0.5) is 0 Å². The second kappa shape index (κ2) is 26.1. The molecule has 0 aliphatic heterocycles. The van der Waals surface area contributed by atoms with E-state index in [1.807, 2.05) is 13.8 Å². The van der Waals surface area contributed by atoms with E-state index >= 15 is 0 Å². The lowest BCUT2D eigenvalue weighted by Gasteiger charge is -2.36. The van der Waals surface area contributed by atoms with Crippen LogP contribution in [0.3, 0.4) is 0 Å². The number of amides is 7. The highest BCUT2D eigenvalue weighted by atomic mass is 16.5. The summed E-state index contributed by atoms with van der Waals surface area (Å²) in [6.45, 7) is 11.6. The van der Waals surface area contributed by atoms with Crippen molar-refractivity contribution in [3.63, 3.8) is 0 Å². The molecule has 20 nitrogen and oxygen atoms in total. The molecule has 0 bridgehead atoms. The maximum atomic E-state index is 13.8. The lowest BCUT2D eigenvalue weighted by Crippen LogP contribution is -2.61. The van der Waals surface area contributed by atoms with Gasteiger partial charge in [-0.1, -0.05) is 52.5 Å². The van der Waals surface area contributed by atoms with Crippen LogP contribution in [-0.4, -0.2) is 111 Å². The SMILES string of the molecule is C=C[C@H](C)[C@H](NC(=O)[C@@H](NC(C)=O)[C@@H](C)O)C(=O)N[C@@H](CCCC)C(O)(O)C[C@@H](CCCC)C(=O)N[C@@H](CCC(N)=O)C(=O)N[C@@H](CCCN=C(N)N)C(N)=O. The molecule has 20 heteroatoms. The Labute approximate surface area is 328 Å². The fourth-order valence-corrected chi connectivity index (χ4v) is 5.72. The van der Waals surface area contributed by atoms with Crippen LogP contribution in [0.1, 0.15) is 105 Å². The predicted molar refractivity (Wildman–Crippen MR) is 208 cm³/mol. The Balaban J connectivity index is 6.44. The zero-order chi connectivity index (χ0) is 43.2. The van der Waals surface area contributed by atoms with Crippen molar-refractivity contribution >= 4 is 47.3 Å². The van der Waals surface area contributed by atoms with Crippen LogP contribution in [0.15, 0.2) is 17.6 Å². The number of unbranched alkanes of at least 4 members (excludes halogenated alkanes) is 2. The second-order valence-electron chi connectivity index (χ2n) is 14.1. The van der Waals surface area contributed by atoms with Crippen molar-refractivity contribution in [2.45, 2.75) is 147 Å². The quantitative estimate of drug-likeness (QED) is 0.0123. The van der Waals surface area contributed by atoms with Gasteiger partial charge in [-0.3, -0.25) is 38.6 Å². The van der Waals surface area contributed by atoms with Crippen molar-refractivity contribution in [1.82, 2.24) is 26.6 Å². The lowest BCUT2D eigenvalue weighted by molar-refractivity contribution is -0.199. The summed E-state index contributed by atoms with van der Waals surface area (Å²) in [5.74, 6) is -10.2. The van der Waals surface area contributed by atoms with Crippen molar-refractivity contribution in [2.75, 3.05) is 6.54 Å². The molecule has 0 fully saturated rings. The van der Waals surface area contributed by atoms with Crippen molar-refractivity contribution in [1.29, 1.82) is 0 Å². The minimum Gasteiger partial charge on any atom is -0.391 e. The first-order valence-electron chi connectivity index (χ1n) is 19.0. The number of rotatable bonds is 29. The number of nitrogens with zero attached hydrogens (tertiary/aromatic N) is 1. The summed E-state index contributed by atoms with van der Waals surface area (Å²) < 4.78 is 0. The Morgan fingerprint density at radius 2 is 1.30 bits per heavy atom. The van der Waals surface area contributed by atoms with Crippen molar-refractivity contribution in [3.8, 4) is 0 Å². The highest BCUT2D eigenvalue weighted by Gasteiger charge is 2.42. The van der Waals surface area contributed by atoms with Gasteiger partial charge in [0.05, 0.1) is 12.1 Å². The predicted octanol–water partition coefficient (Wildman–Crippen LogP) is -2.49. The molecule has 56 heavy (non-hydrogen) atoms. The molecule has 0 saturated heterocycles. The minimum absolute atomic E-state index is 0.0457. The lowest BCUT2D eigenvalue weighted by atomic mass is 9.87. The van der Waals surface area contributed by atoms with E-state index < -0.39 is 102 Å². The Hall–Kier alpha value is -4.82. The Bertz CT molecular complexity index is 1360. The van der Waals surface area contributed by atoms with Gasteiger partial charge in [-0.05, 0) is 39.0 Å². The van der Waals surface area contributed by atoms with Crippen LogP contribution < -0.4 is 49.5 Å². The van der Waals surface area contributed by atoms with Gasteiger partial charge in [-0.15, -0.1) is 6.58 Å². The third-order valence-electron chi connectivity index (χ3n) is 9.06. The molecule has 320 valence electrons. The fourth-order valence-electron chi connectivity index (χ4n) is 5.72. The summed E-state index contributed by atoms with van der Waals surface area (Å²) in [6.07, 6.45) is 1.49. The summed E-state index contributed by atoms with van der Waals surface area (Å²) in [5.41, 5.74) is 21.5. The monoisotopic (exact) mass is 798 g/mol. The maximum Gasteiger partial charge on any atom is 0.245 e. The Morgan fingerprint density at radius 3 is 1.80 bits per heavy atom. The number of carbonyl (C=O) groups is 7. The zero-order valence-electron chi connectivity index (χ0n) is 33.3. The number of primary amides is 2. The van der Waals surface area contributed by atoms with Gasteiger partial charge in [-0.2, -0.15) is 0 Å². The maximum absolute atomic E-state index is 13.8. The van der Waals surface area contributed by atoms with Gasteiger partial charge < -0.3 is 64.8 Å². The van der Waals surface area contributed by atoms with E-state index in [1.165, 1.54) is 13.0 Å². The van der Waals surface area contributed by atoms with Crippen LogP contribution in [-0.2, 0) is 33.6 Å². The van der Waals surface area contributed by atoms with E-state index in [0.717, 1.165) is 6.92 Å². The molecule has 0 aromatic rings. The van der Waals surface area contributed by atoms with Gasteiger partial charge in [-0.25, -0.2) is 0 Å². The molecule has 0 aliphatic rings. The number of nitrogens with one attached hydrogen (secondary N) is 5. The molecule has 0 heterocycles. The normalized spacial score (nSPS) is 15.6. The van der Waals surface area contributed by atoms with Crippen LogP contribution in [0.25, 0.3) is 0 Å². The third kappa shape index (κ3) is 19.7. The van der Waals surface area contributed by atoms with Gasteiger partial charge in [0.15, 0.2) is 11.7 Å². The molecule has 0 aromatic heterocycles. The van der Waals surface area contributed by atoms with Crippen LogP contribution in [0.5, 0.6) is 0 Å². The van der Waals surface area contributed by atoms with Crippen molar-refractivity contribution in [2.24, 2.45) is 39.8 Å². The number of hydrogen-bond donors (Lipinski definition) is 12. The van der Waals surface area contributed by atoms with Crippen LogP contribution >= 0.6 is 0 Å². The number of guanidine groups is 1. The Morgan fingerprint density at radius 1 is 0.732 bits per heavy atom. The first kappa shape index (κ1) is 51.2. The van der Waals surface area contributed by atoms with Crippen LogP contribution in [0, 0.1) is 11.8 Å². The van der Waals surface area contributed by atoms with Crippen molar-refractivity contribution < 1.29 is 48.9 Å². The average molecular weight is 799 g/mol.